The molecule has 12 nitrogen and oxygen atoms in total. The van der Waals surface area contributed by atoms with E-state index in [1.807, 2.05) is 0 Å². The Morgan fingerprint density at radius 2 is 1.86 bits per heavy atom. The number of nitrogens with zero attached hydrogens (tertiary/aromatic N) is 5. The molecule has 44 heavy (non-hydrogen) atoms. The quantitative estimate of drug-likeness (QED) is 0.205. The van der Waals surface area contributed by atoms with Crippen molar-refractivity contribution in [3.8, 4) is 16.8 Å². The van der Waals surface area contributed by atoms with Crippen molar-refractivity contribution < 1.29 is 18.7 Å². The fraction of sp³-hybridized carbons (Fsp3) is 0.100. The summed E-state index contributed by atoms with van der Waals surface area (Å²) in [6, 6.07) is 18.3. The standard InChI is InChI=1S/C30H24ClFN8O4/c1-44-30(43)34-23-10-4-19(5-11-23)24-16-26(36-37-29(24)42)25(14-18-2-8-22(32)9-3-18)35-28(41)13-6-20-15-21(31)7-12-27(20)40-17-33-38-39-40/h2-13,15-17,25H,14H2,1H3,(H,34,43)(H,35,41)(H,37,42)/b13-6+. The lowest BCUT2D eigenvalue weighted by atomic mass is 10.00. The Bertz CT molecular complexity index is 1860. The molecule has 0 saturated heterocycles. The number of carbonyl (C=O) groups excluding carboxylic acids is 2. The first-order valence-electron chi connectivity index (χ1n) is 13.1. The highest BCUT2D eigenvalue weighted by atomic mass is 35.5. The molecule has 3 N–H and O–H groups in total. The maximum absolute atomic E-state index is 13.6. The molecular weight excluding hydrogens is 591 g/mol. The number of tetrazole rings is 1. The van der Waals surface area contributed by atoms with Crippen LogP contribution in [0.3, 0.4) is 0 Å². The molecule has 2 heterocycles. The van der Waals surface area contributed by atoms with Gasteiger partial charge >= 0.3 is 6.09 Å². The number of anilines is 1. The van der Waals surface area contributed by atoms with Crippen molar-refractivity contribution in [2.45, 2.75) is 12.5 Å². The molecule has 0 aliphatic rings. The number of carbonyl (C=O) groups is 2. The third kappa shape index (κ3) is 7.38. The first-order valence-corrected chi connectivity index (χ1v) is 13.5. The summed E-state index contributed by atoms with van der Waals surface area (Å²) < 4.78 is 19.6. The Balaban J connectivity index is 1.43. The van der Waals surface area contributed by atoms with Crippen LogP contribution in [0.4, 0.5) is 14.9 Å². The monoisotopic (exact) mass is 614 g/mol. The van der Waals surface area contributed by atoms with Crippen molar-refractivity contribution in [2.24, 2.45) is 0 Å². The van der Waals surface area contributed by atoms with Gasteiger partial charge in [-0.15, -0.1) is 5.10 Å². The van der Waals surface area contributed by atoms with E-state index in [1.165, 1.54) is 36.3 Å². The molecule has 0 saturated carbocycles. The number of hydrogen-bond acceptors (Lipinski definition) is 8. The van der Waals surface area contributed by atoms with Crippen LogP contribution >= 0.6 is 11.6 Å². The topological polar surface area (TPSA) is 157 Å². The van der Waals surface area contributed by atoms with Crippen molar-refractivity contribution in [1.82, 2.24) is 35.7 Å². The predicted octanol–water partition coefficient (Wildman–Crippen LogP) is 4.50. The summed E-state index contributed by atoms with van der Waals surface area (Å²) in [4.78, 5) is 37.5. The third-order valence-corrected chi connectivity index (χ3v) is 6.71. The Hall–Kier alpha value is -5.69. The number of aromatic nitrogens is 6. The van der Waals surface area contributed by atoms with Crippen LogP contribution in [0, 0.1) is 5.82 Å². The first kappa shape index (κ1) is 29.8. The fourth-order valence-corrected chi connectivity index (χ4v) is 4.51. The van der Waals surface area contributed by atoms with Gasteiger partial charge in [-0.25, -0.2) is 14.3 Å². The number of aromatic amines is 1. The normalized spacial score (nSPS) is 11.7. The highest BCUT2D eigenvalue weighted by Crippen LogP contribution is 2.24. The Kier molecular flexibility index (Phi) is 9.16. The summed E-state index contributed by atoms with van der Waals surface area (Å²) in [5.41, 5.74) is 3.14. The number of H-pyrrole nitrogens is 1. The fourth-order valence-electron chi connectivity index (χ4n) is 4.33. The van der Waals surface area contributed by atoms with Crippen LogP contribution in [0.25, 0.3) is 22.9 Å². The molecule has 0 spiro atoms. The Labute approximate surface area is 254 Å². The molecular formula is C30H24ClFN8O4. The molecule has 1 atom stereocenters. The summed E-state index contributed by atoms with van der Waals surface area (Å²) in [5.74, 6) is -0.862. The van der Waals surface area contributed by atoms with Gasteiger partial charge in [-0.05, 0) is 82.6 Å². The van der Waals surface area contributed by atoms with Crippen LogP contribution in [0.2, 0.25) is 5.02 Å². The minimum atomic E-state index is -0.716. The molecule has 5 aromatic rings. The van der Waals surface area contributed by atoms with Gasteiger partial charge < -0.3 is 10.1 Å². The van der Waals surface area contributed by atoms with Gasteiger partial charge in [-0.3, -0.25) is 14.9 Å². The van der Waals surface area contributed by atoms with Crippen molar-refractivity contribution >= 4 is 35.4 Å². The molecule has 0 fully saturated rings. The lowest BCUT2D eigenvalue weighted by Gasteiger charge is -2.18. The third-order valence-electron chi connectivity index (χ3n) is 6.48. The van der Waals surface area contributed by atoms with Gasteiger partial charge in [0.05, 0.1) is 30.1 Å². The molecule has 2 amide bonds. The SMILES string of the molecule is COC(=O)Nc1ccc(-c2cc(C(Cc3ccc(F)cc3)NC(=O)/C=C/c3cc(Cl)ccc3-n3cnnn3)n[nH]c2=O)cc1. The second-order valence-corrected chi connectivity index (χ2v) is 9.85. The summed E-state index contributed by atoms with van der Waals surface area (Å²) in [6.07, 6.45) is 3.94. The van der Waals surface area contributed by atoms with Crippen molar-refractivity contribution in [1.29, 1.82) is 0 Å². The van der Waals surface area contributed by atoms with Crippen LogP contribution < -0.4 is 16.2 Å². The number of nitrogens with one attached hydrogen (secondary N) is 3. The second kappa shape index (κ2) is 13.5. The molecule has 3 aromatic carbocycles. The number of ether oxygens (including phenoxy) is 1. The zero-order valence-electron chi connectivity index (χ0n) is 23.1. The van der Waals surface area contributed by atoms with Crippen molar-refractivity contribution in [2.75, 3.05) is 12.4 Å². The molecule has 5 rings (SSSR count). The van der Waals surface area contributed by atoms with Crippen molar-refractivity contribution in [3.05, 3.63) is 123 Å². The molecule has 0 aliphatic carbocycles. The average Bonchev–Trinajstić information content (AvgIpc) is 3.56. The molecule has 2 aromatic heterocycles. The molecule has 222 valence electrons. The van der Waals surface area contributed by atoms with Gasteiger partial charge in [0.15, 0.2) is 0 Å². The van der Waals surface area contributed by atoms with Gasteiger partial charge in [-0.2, -0.15) is 9.78 Å². The van der Waals surface area contributed by atoms with Crippen LogP contribution in [0.15, 0.2) is 90.0 Å². The number of benzene rings is 3. The molecule has 14 heteroatoms. The highest BCUT2D eigenvalue weighted by molar-refractivity contribution is 6.30. The number of rotatable bonds is 9. The zero-order chi connectivity index (χ0) is 31.1. The van der Waals surface area contributed by atoms with Gasteiger partial charge in [0.1, 0.15) is 12.1 Å². The van der Waals surface area contributed by atoms with E-state index in [9.17, 15) is 18.8 Å². The zero-order valence-corrected chi connectivity index (χ0v) is 23.8. The summed E-state index contributed by atoms with van der Waals surface area (Å²) in [5, 5.41) is 23.8. The lowest BCUT2D eigenvalue weighted by Crippen LogP contribution is -2.30. The number of hydrogen-bond donors (Lipinski definition) is 3. The van der Waals surface area contributed by atoms with E-state index >= 15 is 0 Å². The van der Waals surface area contributed by atoms with Crippen LogP contribution in [0.1, 0.15) is 22.9 Å². The van der Waals surface area contributed by atoms with E-state index < -0.39 is 29.4 Å². The molecule has 0 bridgehead atoms. The first-order chi connectivity index (χ1) is 21.3. The van der Waals surface area contributed by atoms with Crippen molar-refractivity contribution in [3.63, 3.8) is 0 Å². The van der Waals surface area contributed by atoms with E-state index in [1.54, 1.807) is 66.7 Å². The number of methoxy groups -OCH3 is 1. The minimum absolute atomic E-state index is 0.243. The van der Waals surface area contributed by atoms with E-state index in [4.69, 9.17) is 11.6 Å². The van der Waals surface area contributed by atoms with Gasteiger partial charge in [0.25, 0.3) is 5.56 Å². The predicted molar refractivity (Wildman–Crippen MR) is 161 cm³/mol. The molecule has 0 radical (unpaired) electrons. The summed E-state index contributed by atoms with van der Waals surface area (Å²) in [7, 11) is 1.25. The van der Waals surface area contributed by atoms with Gasteiger partial charge in [0.2, 0.25) is 5.91 Å². The minimum Gasteiger partial charge on any atom is -0.453 e. The van der Waals surface area contributed by atoms with E-state index in [2.05, 4.69) is 41.1 Å². The maximum atomic E-state index is 13.6. The molecule has 1 unspecified atom stereocenters. The lowest BCUT2D eigenvalue weighted by molar-refractivity contribution is -0.117. The van der Waals surface area contributed by atoms with E-state index in [0.717, 1.165) is 5.56 Å². The molecule has 0 aliphatic heterocycles. The Morgan fingerprint density at radius 3 is 2.57 bits per heavy atom. The Morgan fingerprint density at radius 1 is 1.09 bits per heavy atom. The highest BCUT2D eigenvalue weighted by Gasteiger charge is 2.19. The average molecular weight is 615 g/mol. The number of amides is 2. The van der Waals surface area contributed by atoms with Crippen LogP contribution in [-0.2, 0) is 16.0 Å². The smallest absolute Gasteiger partial charge is 0.411 e. The van der Waals surface area contributed by atoms with Crippen LogP contribution in [-0.4, -0.2) is 49.5 Å². The van der Waals surface area contributed by atoms with Gasteiger partial charge in [-0.1, -0.05) is 35.9 Å². The maximum Gasteiger partial charge on any atom is 0.411 e. The van der Waals surface area contributed by atoms with E-state index in [0.29, 0.717) is 38.8 Å². The largest absolute Gasteiger partial charge is 0.453 e. The number of halogens is 2. The van der Waals surface area contributed by atoms with Crippen LogP contribution in [0.5, 0.6) is 0 Å². The van der Waals surface area contributed by atoms with Gasteiger partial charge in [0, 0.05) is 22.3 Å². The second-order valence-electron chi connectivity index (χ2n) is 9.41. The summed E-state index contributed by atoms with van der Waals surface area (Å²) in [6.45, 7) is 0. The van der Waals surface area contributed by atoms with E-state index in [-0.39, 0.29) is 6.42 Å². The summed E-state index contributed by atoms with van der Waals surface area (Å²) >= 11 is 6.19.